The average molecular weight is 370 g/mol. The number of carbonyl (C=O) groups excluding carboxylic acids is 1. The largest absolute Gasteiger partial charge is 0.379 e. The second-order valence-electron chi connectivity index (χ2n) is 5.90. The lowest BCUT2D eigenvalue weighted by molar-refractivity contribution is 0.0503. The zero-order chi connectivity index (χ0) is 18.9. The minimum Gasteiger partial charge on any atom is -0.379 e. The van der Waals surface area contributed by atoms with Crippen LogP contribution in [-0.4, -0.2) is 49.1 Å². The van der Waals surface area contributed by atoms with E-state index in [9.17, 15) is 4.79 Å². The average Bonchev–Trinajstić information content (AvgIpc) is 2.64. The van der Waals surface area contributed by atoms with E-state index in [0.717, 1.165) is 26.3 Å². The van der Waals surface area contributed by atoms with Crippen molar-refractivity contribution in [1.82, 2.24) is 9.88 Å². The van der Waals surface area contributed by atoms with E-state index in [0.29, 0.717) is 27.1 Å². The summed E-state index contributed by atoms with van der Waals surface area (Å²) in [6, 6.07) is 12.6. The van der Waals surface area contributed by atoms with E-state index in [-0.39, 0.29) is 5.91 Å². The van der Waals surface area contributed by atoms with Gasteiger partial charge in [-0.25, -0.2) is 0 Å². The van der Waals surface area contributed by atoms with Crippen LogP contribution in [-0.2, 0) is 4.74 Å². The Morgan fingerprint density at radius 1 is 1.31 bits per heavy atom. The summed E-state index contributed by atoms with van der Waals surface area (Å²) in [4.78, 5) is 17.3. The number of likely N-dealkylation sites (N-methyl/N-ethyl adjacent to an activating group) is 1. The quantitative estimate of drug-likeness (QED) is 0.794. The third-order valence-corrected chi connectivity index (χ3v) is 4.19. The van der Waals surface area contributed by atoms with E-state index < -0.39 is 0 Å². The molecule has 2 aromatic rings. The van der Waals surface area contributed by atoms with Crippen LogP contribution in [0.1, 0.15) is 21.6 Å². The second kappa shape index (κ2) is 9.82. The van der Waals surface area contributed by atoms with Crippen LogP contribution in [0, 0.1) is 22.9 Å². The molecule has 26 heavy (non-hydrogen) atoms. The third kappa shape index (κ3) is 5.77. The van der Waals surface area contributed by atoms with Crippen molar-refractivity contribution in [3.8, 4) is 6.07 Å². The Morgan fingerprint density at radius 2 is 1.96 bits per heavy atom. The first kappa shape index (κ1) is 19.8. The van der Waals surface area contributed by atoms with Gasteiger partial charge in [0.15, 0.2) is 0 Å². The van der Waals surface area contributed by atoms with Crippen molar-refractivity contribution in [2.75, 3.05) is 38.7 Å². The number of amides is 1. The number of aromatic amines is 1. The molecular formula is C19H22N4O2S. The number of H-pyrrole nitrogens is 1. The maximum Gasteiger partial charge on any atom is 0.257 e. The smallest absolute Gasteiger partial charge is 0.257 e. The van der Waals surface area contributed by atoms with Crippen molar-refractivity contribution in [1.29, 1.82) is 5.26 Å². The minimum absolute atomic E-state index is 0.272. The number of para-hydroxylation sites is 1. The molecule has 1 fully saturated rings. The van der Waals surface area contributed by atoms with Gasteiger partial charge in [-0.2, -0.15) is 5.26 Å². The van der Waals surface area contributed by atoms with Crippen molar-refractivity contribution in [3.05, 3.63) is 57.9 Å². The van der Waals surface area contributed by atoms with Crippen LogP contribution >= 0.6 is 12.2 Å². The molecule has 1 aromatic heterocycles. The summed E-state index contributed by atoms with van der Waals surface area (Å²) in [6.07, 6.45) is 0. The van der Waals surface area contributed by atoms with Crippen LogP contribution in [0.15, 0.2) is 36.4 Å². The SMILES string of the molecule is CN1CCOCC1.Cc1[nH]c(=S)c(C#N)cc1C(=O)Nc1ccccc1. The van der Waals surface area contributed by atoms with Crippen LogP contribution < -0.4 is 5.32 Å². The lowest BCUT2D eigenvalue weighted by Gasteiger charge is -2.21. The van der Waals surface area contributed by atoms with Crippen LogP contribution in [0.4, 0.5) is 5.69 Å². The lowest BCUT2D eigenvalue weighted by Crippen LogP contribution is -2.32. The Balaban J connectivity index is 0.000000290. The van der Waals surface area contributed by atoms with Crippen LogP contribution in [0.5, 0.6) is 0 Å². The van der Waals surface area contributed by atoms with Gasteiger partial charge in [-0.15, -0.1) is 0 Å². The molecule has 2 heterocycles. The van der Waals surface area contributed by atoms with Gasteiger partial charge >= 0.3 is 0 Å². The van der Waals surface area contributed by atoms with E-state index in [1.165, 1.54) is 6.07 Å². The maximum absolute atomic E-state index is 12.1. The third-order valence-electron chi connectivity index (χ3n) is 3.87. The van der Waals surface area contributed by atoms with Crippen molar-refractivity contribution in [3.63, 3.8) is 0 Å². The number of hydrogen-bond donors (Lipinski definition) is 2. The molecule has 0 aliphatic carbocycles. The molecule has 0 radical (unpaired) electrons. The monoisotopic (exact) mass is 370 g/mol. The fourth-order valence-corrected chi connectivity index (χ4v) is 2.57. The highest BCUT2D eigenvalue weighted by atomic mass is 32.1. The highest BCUT2D eigenvalue weighted by Crippen LogP contribution is 2.13. The first-order valence-corrected chi connectivity index (χ1v) is 8.69. The zero-order valence-electron chi connectivity index (χ0n) is 14.9. The number of aromatic nitrogens is 1. The number of nitrogens with zero attached hydrogens (tertiary/aromatic N) is 2. The number of nitriles is 1. The molecule has 0 saturated carbocycles. The van der Waals surface area contributed by atoms with E-state index in [1.54, 1.807) is 19.1 Å². The molecule has 1 aliphatic heterocycles. The molecule has 136 valence electrons. The van der Waals surface area contributed by atoms with Crippen LogP contribution in [0.2, 0.25) is 0 Å². The maximum atomic E-state index is 12.1. The molecule has 1 saturated heterocycles. The van der Waals surface area contributed by atoms with Crippen molar-refractivity contribution in [2.24, 2.45) is 0 Å². The number of nitrogens with one attached hydrogen (secondary N) is 2. The van der Waals surface area contributed by atoms with Crippen LogP contribution in [0.3, 0.4) is 0 Å². The number of benzene rings is 1. The summed E-state index contributed by atoms with van der Waals surface area (Å²) in [5.41, 5.74) is 2.04. The van der Waals surface area contributed by atoms with E-state index in [2.05, 4.69) is 22.2 Å². The fourth-order valence-electron chi connectivity index (χ4n) is 2.32. The Kier molecular flexibility index (Phi) is 7.48. The summed E-state index contributed by atoms with van der Waals surface area (Å²) in [7, 11) is 2.11. The summed E-state index contributed by atoms with van der Waals surface area (Å²) >= 11 is 5.00. The Hall–Kier alpha value is -2.53. The van der Waals surface area contributed by atoms with Crippen molar-refractivity contribution >= 4 is 23.8 Å². The first-order chi connectivity index (χ1) is 12.5. The molecule has 0 atom stereocenters. The number of ether oxygens (including phenoxy) is 1. The number of rotatable bonds is 2. The van der Waals surface area contributed by atoms with Gasteiger partial charge in [0.05, 0.1) is 24.3 Å². The highest BCUT2D eigenvalue weighted by molar-refractivity contribution is 7.71. The zero-order valence-corrected chi connectivity index (χ0v) is 15.7. The van der Waals surface area contributed by atoms with Gasteiger partial charge in [-0.1, -0.05) is 30.4 Å². The van der Waals surface area contributed by atoms with Gasteiger partial charge in [-0.05, 0) is 32.2 Å². The topological polar surface area (TPSA) is 81.2 Å². The van der Waals surface area contributed by atoms with Gasteiger partial charge < -0.3 is 19.9 Å². The summed E-state index contributed by atoms with van der Waals surface area (Å²) in [6.45, 7) is 5.77. The van der Waals surface area contributed by atoms with E-state index in [1.807, 2.05) is 24.3 Å². The van der Waals surface area contributed by atoms with Gasteiger partial charge in [0.25, 0.3) is 5.91 Å². The Morgan fingerprint density at radius 3 is 2.50 bits per heavy atom. The number of morpholine rings is 1. The Labute approximate surface area is 158 Å². The normalized spacial score (nSPS) is 13.9. The predicted octanol–water partition coefficient (Wildman–Crippen LogP) is 3.12. The van der Waals surface area contributed by atoms with Gasteiger partial charge in [0, 0.05) is 24.5 Å². The van der Waals surface area contributed by atoms with Gasteiger partial charge in [0.1, 0.15) is 10.7 Å². The molecule has 3 rings (SSSR count). The summed E-state index contributed by atoms with van der Waals surface area (Å²) < 4.78 is 5.44. The molecule has 1 aliphatic rings. The fraction of sp³-hybridized carbons (Fsp3) is 0.316. The van der Waals surface area contributed by atoms with Crippen molar-refractivity contribution in [2.45, 2.75) is 6.92 Å². The standard InChI is InChI=1S/C14H11N3OS.C5H11NO/c1-9-12(7-10(8-15)14(19)16-9)13(18)17-11-5-3-2-4-6-11;1-6-2-4-7-5-3-6/h2-7H,1H3,(H,16,19)(H,17,18);2-5H2,1H3. The molecule has 6 nitrogen and oxygen atoms in total. The lowest BCUT2D eigenvalue weighted by atomic mass is 10.1. The molecule has 0 bridgehead atoms. The second-order valence-corrected chi connectivity index (χ2v) is 6.31. The highest BCUT2D eigenvalue weighted by Gasteiger charge is 2.11. The molecule has 0 unspecified atom stereocenters. The van der Waals surface area contributed by atoms with Crippen LogP contribution in [0.25, 0.3) is 0 Å². The predicted molar refractivity (Wildman–Crippen MR) is 104 cm³/mol. The molecule has 7 heteroatoms. The molecule has 1 amide bonds. The molecule has 1 aromatic carbocycles. The first-order valence-electron chi connectivity index (χ1n) is 8.28. The number of anilines is 1. The molecular weight excluding hydrogens is 348 g/mol. The number of aryl methyl sites for hydroxylation is 1. The summed E-state index contributed by atoms with van der Waals surface area (Å²) in [5.74, 6) is -0.272. The van der Waals surface area contributed by atoms with E-state index >= 15 is 0 Å². The van der Waals surface area contributed by atoms with Gasteiger partial charge in [-0.3, -0.25) is 4.79 Å². The number of hydrogen-bond acceptors (Lipinski definition) is 5. The van der Waals surface area contributed by atoms with Gasteiger partial charge in [0.2, 0.25) is 0 Å². The molecule has 0 spiro atoms. The molecule has 2 N–H and O–H groups in total. The van der Waals surface area contributed by atoms with Crippen molar-refractivity contribution < 1.29 is 9.53 Å². The minimum atomic E-state index is -0.272. The Bertz CT molecular complexity index is 837. The number of carbonyl (C=O) groups is 1. The number of pyridine rings is 1. The van der Waals surface area contributed by atoms with E-state index in [4.69, 9.17) is 22.2 Å². The summed E-state index contributed by atoms with van der Waals surface area (Å²) in [5, 5.41) is 11.7.